The summed E-state index contributed by atoms with van der Waals surface area (Å²) in [6.45, 7) is 4.44. The minimum atomic E-state index is -0.628. The Hall–Kier alpha value is -1.81. The molecule has 0 aromatic carbocycles. The van der Waals surface area contributed by atoms with Crippen LogP contribution in [0.2, 0.25) is 0 Å². The van der Waals surface area contributed by atoms with Crippen LogP contribution in [-0.4, -0.2) is 30.5 Å². The highest BCUT2D eigenvalue weighted by atomic mass is 16.6. The van der Waals surface area contributed by atoms with Crippen molar-refractivity contribution in [1.82, 2.24) is 5.32 Å². The molecule has 1 atom stereocenters. The molecule has 152 valence electrons. The number of aliphatic hydroxyl groups excluding tert-OH is 1. The summed E-state index contributed by atoms with van der Waals surface area (Å²) in [6.07, 6.45) is 25.9. The third-order valence-corrected chi connectivity index (χ3v) is 4.40. The lowest BCUT2D eigenvalue weighted by Crippen LogP contribution is -2.27. The predicted molar refractivity (Wildman–Crippen MR) is 113 cm³/mol. The highest BCUT2D eigenvalue weighted by molar-refractivity contribution is 5.67. The Balaban J connectivity index is 2.28. The van der Waals surface area contributed by atoms with Crippen LogP contribution in [0.15, 0.2) is 48.6 Å². The highest BCUT2D eigenvalue weighted by Crippen LogP contribution is 2.29. The van der Waals surface area contributed by atoms with E-state index in [1.165, 1.54) is 19.3 Å². The van der Waals surface area contributed by atoms with Gasteiger partial charge in [0.05, 0.1) is 6.10 Å². The van der Waals surface area contributed by atoms with E-state index in [1.807, 2.05) is 0 Å². The van der Waals surface area contributed by atoms with Crippen LogP contribution in [0.3, 0.4) is 0 Å². The fourth-order valence-corrected chi connectivity index (χ4v) is 2.87. The van der Waals surface area contributed by atoms with Gasteiger partial charge in [-0.05, 0) is 45.4 Å². The average Bonchev–Trinajstić information content (AvgIpc) is 2.66. The first-order chi connectivity index (χ1) is 13.1. The summed E-state index contributed by atoms with van der Waals surface area (Å²) in [7, 11) is 0. The van der Waals surface area contributed by atoms with Crippen LogP contribution < -0.4 is 5.32 Å². The van der Waals surface area contributed by atoms with Gasteiger partial charge >= 0.3 is 6.09 Å². The summed E-state index contributed by atoms with van der Waals surface area (Å²) in [6, 6.07) is 0. The monoisotopic (exact) mass is 375 g/mol. The smallest absolute Gasteiger partial charge is 0.407 e. The van der Waals surface area contributed by atoms with Crippen molar-refractivity contribution in [3.05, 3.63) is 48.6 Å². The number of amides is 1. The number of carbonyl (C=O) groups is 1. The first-order valence-corrected chi connectivity index (χ1v) is 10.4. The number of hydrogen-bond donors (Lipinski definition) is 2. The van der Waals surface area contributed by atoms with Gasteiger partial charge in [-0.25, -0.2) is 4.79 Å². The molecule has 0 bridgehead atoms. The molecule has 0 aromatic rings. The molecule has 0 heterocycles. The largest absolute Gasteiger partial charge is 0.447 e. The zero-order valence-electron chi connectivity index (χ0n) is 17.0. The minimum absolute atomic E-state index is 0.0314. The van der Waals surface area contributed by atoms with E-state index in [2.05, 4.69) is 60.8 Å². The van der Waals surface area contributed by atoms with Crippen LogP contribution in [0.4, 0.5) is 4.79 Å². The fraction of sp³-hybridized carbons (Fsp3) is 0.609. The standard InChI is InChI=1S/C23H37NO3/c1-3-4-5-6-10-15-23(17-12-9-13-18-23)16-11-7-8-14-19-24-22(26)27-20-21(2)25/h10-13,15-18,21,25H,3-9,14,19-20H2,1-2H3,(H,24,26)/b15-10-,16-11-/t21-/m0/s1. The first-order valence-electron chi connectivity index (χ1n) is 10.4. The number of ether oxygens (including phenoxy) is 1. The zero-order valence-corrected chi connectivity index (χ0v) is 17.0. The van der Waals surface area contributed by atoms with Crippen LogP contribution in [0.5, 0.6) is 0 Å². The molecule has 1 aliphatic rings. The first kappa shape index (κ1) is 23.2. The van der Waals surface area contributed by atoms with Gasteiger partial charge in [0.1, 0.15) is 6.61 Å². The maximum Gasteiger partial charge on any atom is 0.407 e. The second kappa shape index (κ2) is 14.3. The third-order valence-electron chi connectivity index (χ3n) is 4.40. The Kier molecular flexibility index (Phi) is 12.3. The predicted octanol–water partition coefficient (Wildman–Crippen LogP) is 5.46. The Morgan fingerprint density at radius 3 is 2.37 bits per heavy atom. The molecule has 2 N–H and O–H groups in total. The molecule has 0 saturated carbocycles. The van der Waals surface area contributed by atoms with Gasteiger partial charge in [0.15, 0.2) is 0 Å². The molecule has 0 radical (unpaired) electrons. The summed E-state index contributed by atoms with van der Waals surface area (Å²) in [5, 5.41) is 11.8. The molecule has 0 unspecified atom stereocenters. The lowest BCUT2D eigenvalue weighted by molar-refractivity contribution is 0.0780. The highest BCUT2D eigenvalue weighted by Gasteiger charge is 2.17. The second-order valence-electron chi connectivity index (χ2n) is 7.21. The number of aliphatic hydroxyl groups is 1. The van der Waals surface area contributed by atoms with E-state index in [-0.39, 0.29) is 12.0 Å². The van der Waals surface area contributed by atoms with Gasteiger partial charge in [0.2, 0.25) is 0 Å². The van der Waals surface area contributed by atoms with Gasteiger partial charge in [0.25, 0.3) is 0 Å². The van der Waals surface area contributed by atoms with Gasteiger partial charge in [-0.15, -0.1) is 0 Å². The van der Waals surface area contributed by atoms with Crippen molar-refractivity contribution in [2.45, 2.75) is 71.3 Å². The Bertz CT molecular complexity index is 506. The molecule has 0 spiro atoms. The van der Waals surface area contributed by atoms with Crippen LogP contribution in [-0.2, 0) is 4.74 Å². The van der Waals surface area contributed by atoms with Crippen molar-refractivity contribution >= 4 is 6.09 Å². The van der Waals surface area contributed by atoms with Gasteiger partial charge < -0.3 is 15.2 Å². The lowest BCUT2D eigenvalue weighted by Gasteiger charge is -2.22. The van der Waals surface area contributed by atoms with Crippen molar-refractivity contribution in [2.24, 2.45) is 5.41 Å². The lowest BCUT2D eigenvalue weighted by atomic mass is 9.82. The van der Waals surface area contributed by atoms with Crippen molar-refractivity contribution < 1.29 is 14.6 Å². The molecule has 0 aliphatic heterocycles. The Morgan fingerprint density at radius 1 is 1.15 bits per heavy atom. The molecule has 0 fully saturated rings. The van der Waals surface area contributed by atoms with Crippen molar-refractivity contribution in [2.75, 3.05) is 13.2 Å². The molecule has 0 aromatic heterocycles. The number of carbonyl (C=O) groups excluding carboxylic acids is 1. The van der Waals surface area contributed by atoms with Gasteiger partial charge in [0, 0.05) is 12.0 Å². The van der Waals surface area contributed by atoms with Gasteiger partial charge in [-0.2, -0.15) is 0 Å². The number of alkyl carbamates (subject to hydrolysis) is 1. The van der Waals surface area contributed by atoms with E-state index in [1.54, 1.807) is 6.92 Å². The maximum atomic E-state index is 11.4. The SMILES string of the molecule is CCCCC/C=C\C1(/C=C\CCCCNC(=O)OC[C@H](C)O)C=CCC=C1. The molecular weight excluding hydrogens is 338 g/mol. The molecule has 1 aliphatic carbocycles. The summed E-state index contributed by atoms with van der Waals surface area (Å²) in [5.41, 5.74) is -0.0759. The Morgan fingerprint density at radius 2 is 1.78 bits per heavy atom. The van der Waals surface area contributed by atoms with Crippen molar-refractivity contribution in [3.8, 4) is 0 Å². The number of hydrogen-bond acceptors (Lipinski definition) is 3. The van der Waals surface area contributed by atoms with E-state index in [9.17, 15) is 4.79 Å². The minimum Gasteiger partial charge on any atom is -0.447 e. The molecule has 0 saturated heterocycles. The number of nitrogens with one attached hydrogen (secondary N) is 1. The van der Waals surface area contributed by atoms with E-state index in [0.29, 0.717) is 6.54 Å². The van der Waals surface area contributed by atoms with Crippen LogP contribution >= 0.6 is 0 Å². The molecular formula is C23H37NO3. The van der Waals surface area contributed by atoms with Crippen molar-refractivity contribution in [1.29, 1.82) is 0 Å². The topological polar surface area (TPSA) is 58.6 Å². The average molecular weight is 376 g/mol. The summed E-state index contributed by atoms with van der Waals surface area (Å²) in [4.78, 5) is 11.4. The normalized spacial score (nSPS) is 16.9. The quantitative estimate of drug-likeness (QED) is 0.332. The Labute approximate surface area is 165 Å². The number of allylic oxidation sites excluding steroid dienone is 8. The van der Waals surface area contributed by atoms with Gasteiger partial charge in [-0.3, -0.25) is 0 Å². The molecule has 4 nitrogen and oxygen atoms in total. The molecule has 1 rings (SSSR count). The summed E-state index contributed by atoms with van der Waals surface area (Å²) >= 11 is 0. The van der Waals surface area contributed by atoms with E-state index < -0.39 is 12.2 Å². The zero-order chi connectivity index (χ0) is 19.8. The summed E-state index contributed by atoms with van der Waals surface area (Å²) < 4.78 is 4.85. The molecule has 1 amide bonds. The van der Waals surface area contributed by atoms with Crippen LogP contribution in [0.25, 0.3) is 0 Å². The maximum absolute atomic E-state index is 11.4. The number of rotatable bonds is 13. The van der Waals surface area contributed by atoms with Gasteiger partial charge in [-0.1, -0.05) is 68.4 Å². The van der Waals surface area contributed by atoms with E-state index in [4.69, 9.17) is 9.84 Å². The van der Waals surface area contributed by atoms with Crippen LogP contribution in [0, 0.1) is 5.41 Å². The van der Waals surface area contributed by atoms with E-state index >= 15 is 0 Å². The van der Waals surface area contributed by atoms with E-state index in [0.717, 1.165) is 32.1 Å². The summed E-state index contributed by atoms with van der Waals surface area (Å²) in [5.74, 6) is 0. The molecule has 27 heavy (non-hydrogen) atoms. The van der Waals surface area contributed by atoms with Crippen molar-refractivity contribution in [3.63, 3.8) is 0 Å². The second-order valence-corrected chi connectivity index (χ2v) is 7.21. The third kappa shape index (κ3) is 11.5. The fourth-order valence-electron chi connectivity index (χ4n) is 2.87. The molecule has 4 heteroatoms. The number of unbranched alkanes of at least 4 members (excludes halogenated alkanes) is 5. The van der Waals surface area contributed by atoms with Crippen LogP contribution in [0.1, 0.15) is 65.2 Å².